The predicted octanol–water partition coefficient (Wildman–Crippen LogP) is 1.92. The molecule has 0 aliphatic heterocycles. The van der Waals surface area contributed by atoms with Crippen LogP contribution in [0.1, 0.15) is 10.5 Å². The Bertz CT molecular complexity index is 638. The monoisotopic (exact) mass is 351 g/mol. The second kappa shape index (κ2) is 6.73. The van der Waals surface area contributed by atoms with Gasteiger partial charge in [0.1, 0.15) is 5.69 Å². The number of carbonyl (C=O) groups is 1. The summed E-state index contributed by atoms with van der Waals surface area (Å²) >= 11 is 3.41. The summed E-state index contributed by atoms with van der Waals surface area (Å²) < 4.78 is 2.69. The van der Waals surface area contributed by atoms with Gasteiger partial charge in [0.05, 0.1) is 17.7 Å². The molecule has 1 heterocycles. The number of carbonyl (C=O) groups excluding carboxylic acids is 1. The molecule has 0 radical (unpaired) electrons. The lowest BCUT2D eigenvalue weighted by Crippen LogP contribution is -2.17. The fourth-order valence-electron chi connectivity index (χ4n) is 1.93. The summed E-state index contributed by atoms with van der Waals surface area (Å²) in [4.78, 5) is 18.3. The zero-order valence-corrected chi connectivity index (χ0v) is 13.6. The fourth-order valence-corrected chi connectivity index (χ4v) is 2.29. The molecule has 0 spiro atoms. The minimum atomic E-state index is -0.244. The summed E-state index contributed by atoms with van der Waals surface area (Å²) in [6.07, 6.45) is 3.30. The standard InChI is InChI=1S/C14H18BrN5O/c1-19(2)13-4-3-10(15)7-11(13)18-14(21)12-8-20(6-5-16)9-17-12/h3-4,7-9H,5-6,16H2,1-2H3,(H,18,21). The number of benzene rings is 1. The van der Waals surface area contributed by atoms with E-state index in [1.54, 1.807) is 17.1 Å². The highest BCUT2D eigenvalue weighted by molar-refractivity contribution is 9.10. The molecule has 0 aliphatic carbocycles. The number of imidazole rings is 1. The molecule has 3 N–H and O–H groups in total. The van der Waals surface area contributed by atoms with Gasteiger partial charge in [-0.1, -0.05) is 15.9 Å². The first kappa shape index (κ1) is 15.5. The molecule has 2 rings (SSSR count). The molecule has 0 aliphatic rings. The molecule has 0 unspecified atom stereocenters. The Labute approximate surface area is 132 Å². The fraction of sp³-hybridized carbons (Fsp3) is 0.286. The first-order valence-electron chi connectivity index (χ1n) is 6.51. The number of hydrogen-bond acceptors (Lipinski definition) is 4. The van der Waals surface area contributed by atoms with Crippen LogP contribution in [-0.2, 0) is 6.54 Å². The first-order chi connectivity index (χ1) is 10.0. The van der Waals surface area contributed by atoms with Gasteiger partial charge in [0.2, 0.25) is 0 Å². The Morgan fingerprint density at radius 2 is 2.24 bits per heavy atom. The van der Waals surface area contributed by atoms with E-state index in [2.05, 4.69) is 26.2 Å². The Hall–Kier alpha value is -1.86. The molecular weight excluding hydrogens is 334 g/mol. The topological polar surface area (TPSA) is 76.2 Å². The molecule has 6 nitrogen and oxygen atoms in total. The van der Waals surface area contributed by atoms with Gasteiger partial charge in [-0.3, -0.25) is 4.79 Å². The smallest absolute Gasteiger partial charge is 0.275 e. The summed E-state index contributed by atoms with van der Waals surface area (Å²) in [7, 11) is 3.85. The molecule has 7 heteroatoms. The molecule has 0 atom stereocenters. The minimum Gasteiger partial charge on any atom is -0.376 e. The van der Waals surface area contributed by atoms with Crippen molar-refractivity contribution in [3.05, 3.63) is 40.9 Å². The van der Waals surface area contributed by atoms with Gasteiger partial charge >= 0.3 is 0 Å². The maximum atomic E-state index is 12.3. The molecule has 1 amide bonds. The second-order valence-corrected chi connectivity index (χ2v) is 5.71. The summed E-state index contributed by atoms with van der Waals surface area (Å²) in [6, 6.07) is 5.73. The average Bonchev–Trinajstić information content (AvgIpc) is 2.87. The third-order valence-corrected chi connectivity index (χ3v) is 3.44. The maximum Gasteiger partial charge on any atom is 0.275 e. The molecule has 0 saturated carbocycles. The molecule has 0 saturated heterocycles. The molecular formula is C14H18BrN5O. The number of amides is 1. The third kappa shape index (κ3) is 3.83. The lowest BCUT2D eigenvalue weighted by Gasteiger charge is -2.18. The van der Waals surface area contributed by atoms with E-state index in [9.17, 15) is 4.79 Å². The highest BCUT2D eigenvalue weighted by atomic mass is 79.9. The highest BCUT2D eigenvalue weighted by Crippen LogP contribution is 2.28. The van der Waals surface area contributed by atoms with E-state index in [0.29, 0.717) is 18.8 Å². The van der Waals surface area contributed by atoms with Crippen molar-refractivity contribution in [1.82, 2.24) is 9.55 Å². The molecule has 1 aromatic carbocycles. The average molecular weight is 352 g/mol. The zero-order chi connectivity index (χ0) is 15.4. The maximum absolute atomic E-state index is 12.3. The van der Waals surface area contributed by atoms with Crippen LogP contribution in [0, 0.1) is 0 Å². The number of nitrogens with one attached hydrogen (secondary N) is 1. The summed E-state index contributed by atoms with van der Waals surface area (Å²) in [6.45, 7) is 1.15. The molecule has 1 aromatic heterocycles. The molecule has 0 fully saturated rings. The van der Waals surface area contributed by atoms with Crippen LogP contribution >= 0.6 is 15.9 Å². The normalized spacial score (nSPS) is 10.5. The van der Waals surface area contributed by atoms with Gasteiger partial charge in [-0.2, -0.15) is 0 Å². The van der Waals surface area contributed by atoms with E-state index < -0.39 is 0 Å². The summed E-state index contributed by atoms with van der Waals surface area (Å²) in [5.74, 6) is -0.244. The van der Waals surface area contributed by atoms with Crippen molar-refractivity contribution in [2.24, 2.45) is 5.73 Å². The van der Waals surface area contributed by atoms with Crippen LogP contribution < -0.4 is 16.0 Å². The van der Waals surface area contributed by atoms with Crippen molar-refractivity contribution >= 4 is 33.2 Å². The SMILES string of the molecule is CN(C)c1ccc(Br)cc1NC(=O)c1cn(CCN)cn1. The van der Waals surface area contributed by atoms with E-state index >= 15 is 0 Å². The number of anilines is 2. The van der Waals surface area contributed by atoms with E-state index in [-0.39, 0.29) is 5.91 Å². The van der Waals surface area contributed by atoms with E-state index in [4.69, 9.17) is 5.73 Å². The Kier molecular flexibility index (Phi) is 4.98. The summed E-state index contributed by atoms with van der Waals surface area (Å²) in [5.41, 5.74) is 7.50. The number of hydrogen-bond donors (Lipinski definition) is 2. The van der Waals surface area contributed by atoms with E-state index in [1.165, 1.54) is 0 Å². The third-order valence-electron chi connectivity index (χ3n) is 2.94. The summed E-state index contributed by atoms with van der Waals surface area (Å²) in [5, 5.41) is 2.89. The Balaban J connectivity index is 2.20. The van der Waals surface area contributed by atoms with Gasteiger partial charge in [0.25, 0.3) is 5.91 Å². The molecule has 0 bridgehead atoms. The molecule has 112 valence electrons. The van der Waals surface area contributed by atoms with Crippen LogP contribution in [-0.4, -0.2) is 36.1 Å². The van der Waals surface area contributed by atoms with Crippen LogP contribution in [0.3, 0.4) is 0 Å². The van der Waals surface area contributed by atoms with Gasteiger partial charge in [-0.15, -0.1) is 0 Å². The van der Waals surface area contributed by atoms with Crippen molar-refractivity contribution in [2.75, 3.05) is 30.9 Å². The lowest BCUT2D eigenvalue weighted by molar-refractivity contribution is 0.102. The van der Waals surface area contributed by atoms with Crippen molar-refractivity contribution in [2.45, 2.75) is 6.54 Å². The predicted molar refractivity (Wildman–Crippen MR) is 87.7 cm³/mol. The number of aromatic nitrogens is 2. The van der Waals surface area contributed by atoms with E-state index in [0.717, 1.165) is 15.8 Å². The number of rotatable bonds is 5. The van der Waals surface area contributed by atoms with E-state index in [1.807, 2.05) is 37.2 Å². The largest absolute Gasteiger partial charge is 0.376 e. The van der Waals surface area contributed by atoms with Gasteiger partial charge in [-0.05, 0) is 18.2 Å². The highest BCUT2D eigenvalue weighted by Gasteiger charge is 2.13. The molecule has 2 aromatic rings. The first-order valence-corrected chi connectivity index (χ1v) is 7.30. The van der Waals surface area contributed by atoms with Crippen LogP contribution in [0.5, 0.6) is 0 Å². The van der Waals surface area contributed by atoms with Gasteiger partial charge < -0.3 is 20.5 Å². The quantitative estimate of drug-likeness (QED) is 0.862. The van der Waals surface area contributed by atoms with Crippen molar-refractivity contribution in [1.29, 1.82) is 0 Å². The Morgan fingerprint density at radius 3 is 2.90 bits per heavy atom. The van der Waals surface area contributed by atoms with Crippen LogP contribution in [0.15, 0.2) is 35.2 Å². The van der Waals surface area contributed by atoms with Crippen molar-refractivity contribution < 1.29 is 4.79 Å². The number of nitrogens with two attached hydrogens (primary N) is 1. The Morgan fingerprint density at radius 1 is 1.48 bits per heavy atom. The van der Waals surface area contributed by atoms with Crippen LogP contribution in [0.25, 0.3) is 0 Å². The second-order valence-electron chi connectivity index (χ2n) is 4.80. The zero-order valence-electron chi connectivity index (χ0n) is 12.0. The van der Waals surface area contributed by atoms with Crippen LogP contribution in [0.2, 0.25) is 0 Å². The number of nitrogens with zero attached hydrogens (tertiary/aromatic N) is 3. The lowest BCUT2D eigenvalue weighted by atomic mass is 10.2. The van der Waals surface area contributed by atoms with Crippen molar-refractivity contribution in [3.63, 3.8) is 0 Å². The van der Waals surface area contributed by atoms with Gasteiger partial charge in [0, 0.05) is 37.9 Å². The van der Waals surface area contributed by atoms with Gasteiger partial charge in [0.15, 0.2) is 0 Å². The van der Waals surface area contributed by atoms with Crippen LogP contribution in [0.4, 0.5) is 11.4 Å². The number of halogens is 1. The minimum absolute atomic E-state index is 0.244. The van der Waals surface area contributed by atoms with Gasteiger partial charge in [-0.25, -0.2) is 4.98 Å². The molecule has 21 heavy (non-hydrogen) atoms. The van der Waals surface area contributed by atoms with Crippen molar-refractivity contribution in [3.8, 4) is 0 Å².